The number of rotatable bonds is 7. The van der Waals surface area contributed by atoms with Crippen molar-refractivity contribution in [2.24, 2.45) is 12.0 Å². The molecule has 0 bridgehead atoms. The number of aryl methyl sites for hydroxylation is 1. The van der Waals surface area contributed by atoms with Gasteiger partial charge in [0, 0.05) is 52.7 Å². The zero-order chi connectivity index (χ0) is 21.8. The molecule has 7 nitrogen and oxygen atoms in total. The maximum absolute atomic E-state index is 12.6. The second kappa shape index (κ2) is 11.4. The van der Waals surface area contributed by atoms with Gasteiger partial charge in [-0.25, -0.2) is 8.42 Å². The van der Waals surface area contributed by atoms with Crippen LogP contribution in [0, 0.1) is 0 Å². The summed E-state index contributed by atoms with van der Waals surface area (Å²) >= 11 is 6.05. The lowest BCUT2D eigenvalue weighted by atomic mass is 10.2. The van der Waals surface area contributed by atoms with Crippen molar-refractivity contribution in [2.45, 2.75) is 37.9 Å². The van der Waals surface area contributed by atoms with Gasteiger partial charge in [0.25, 0.3) is 0 Å². The van der Waals surface area contributed by atoms with Crippen LogP contribution in [-0.4, -0.2) is 55.3 Å². The van der Waals surface area contributed by atoms with E-state index in [0.717, 1.165) is 17.2 Å². The Morgan fingerprint density at radius 3 is 2.30 bits per heavy atom. The van der Waals surface area contributed by atoms with Gasteiger partial charge in [0.1, 0.15) is 0 Å². The van der Waals surface area contributed by atoms with E-state index in [4.69, 9.17) is 11.6 Å². The van der Waals surface area contributed by atoms with E-state index in [1.54, 1.807) is 26.2 Å². The average Bonchev–Trinajstić information content (AvgIpc) is 2.98. The van der Waals surface area contributed by atoms with Crippen LogP contribution < -0.4 is 5.32 Å². The van der Waals surface area contributed by atoms with Crippen LogP contribution in [0.4, 0.5) is 0 Å². The SMILES string of the molecule is CN=C(NCc1ccc(S(=O)(=O)N(C)C(C)C)cc1)N(C)Cc1cc(Cl)cn1C.I. The molecule has 10 heteroatoms. The molecule has 0 atom stereocenters. The van der Waals surface area contributed by atoms with Gasteiger partial charge in [-0.3, -0.25) is 4.99 Å². The predicted molar refractivity (Wildman–Crippen MR) is 134 cm³/mol. The van der Waals surface area contributed by atoms with E-state index in [9.17, 15) is 8.42 Å². The van der Waals surface area contributed by atoms with E-state index in [1.165, 1.54) is 4.31 Å². The number of aromatic nitrogens is 1. The van der Waals surface area contributed by atoms with Crippen LogP contribution in [0.1, 0.15) is 25.1 Å². The third-order valence-corrected chi connectivity index (χ3v) is 7.08. The quantitative estimate of drug-likeness (QED) is 0.316. The van der Waals surface area contributed by atoms with Gasteiger partial charge in [0.2, 0.25) is 10.0 Å². The number of guanidine groups is 1. The zero-order valence-corrected chi connectivity index (χ0v) is 22.2. The first kappa shape index (κ1) is 26.7. The molecule has 0 spiro atoms. The van der Waals surface area contributed by atoms with E-state index < -0.39 is 10.0 Å². The summed E-state index contributed by atoms with van der Waals surface area (Å²) in [5.74, 6) is 0.735. The number of benzene rings is 1. The first-order valence-electron chi connectivity index (χ1n) is 9.35. The molecule has 30 heavy (non-hydrogen) atoms. The van der Waals surface area contributed by atoms with Crippen LogP contribution in [0.5, 0.6) is 0 Å². The fraction of sp³-hybridized carbons (Fsp3) is 0.450. The molecule has 0 saturated heterocycles. The van der Waals surface area contributed by atoms with E-state index in [-0.39, 0.29) is 30.0 Å². The van der Waals surface area contributed by atoms with Crippen molar-refractivity contribution in [1.29, 1.82) is 0 Å². The van der Waals surface area contributed by atoms with Gasteiger partial charge in [-0.2, -0.15) is 4.31 Å². The maximum atomic E-state index is 12.6. The Kier molecular flexibility index (Phi) is 10.1. The van der Waals surface area contributed by atoms with E-state index in [2.05, 4.69) is 10.3 Å². The van der Waals surface area contributed by atoms with Gasteiger partial charge < -0.3 is 14.8 Å². The number of nitrogens with zero attached hydrogens (tertiary/aromatic N) is 4. The summed E-state index contributed by atoms with van der Waals surface area (Å²) in [6.45, 7) is 4.88. The molecule has 1 aromatic heterocycles. The maximum Gasteiger partial charge on any atom is 0.243 e. The Bertz CT molecular complexity index is 958. The topological polar surface area (TPSA) is 69.9 Å². The van der Waals surface area contributed by atoms with Gasteiger partial charge in [-0.15, -0.1) is 24.0 Å². The van der Waals surface area contributed by atoms with E-state index in [0.29, 0.717) is 23.0 Å². The molecule has 2 rings (SSSR count). The predicted octanol–water partition coefficient (Wildman–Crippen LogP) is 3.53. The molecule has 0 radical (unpaired) electrons. The van der Waals surface area contributed by atoms with Crippen molar-refractivity contribution < 1.29 is 8.42 Å². The number of hydrogen-bond acceptors (Lipinski definition) is 3. The molecule has 0 saturated carbocycles. The van der Waals surface area contributed by atoms with Crippen LogP contribution in [0.15, 0.2) is 46.4 Å². The largest absolute Gasteiger partial charge is 0.352 e. The highest BCUT2D eigenvalue weighted by Crippen LogP contribution is 2.17. The fourth-order valence-corrected chi connectivity index (χ4v) is 4.47. The molecule has 1 aromatic carbocycles. The minimum absolute atomic E-state index is 0. The minimum Gasteiger partial charge on any atom is -0.352 e. The Hall–Kier alpha value is -1.30. The zero-order valence-electron chi connectivity index (χ0n) is 18.3. The summed E-state index contributed by atoms with van der Waals surface area (Å²) in [6.07, 6.45) is 1.87. The first-order valence-corrected chi connectivity index (χ1v) is 11.2. The number of aliphatic imine (C=N–C) groups is 1. The van der Waals surface area contributed by atoms with Gasteiger partial charge in [-0.05, 0) is 37.6 Å². The molecule has 1 heterocycles. The number of halogens is 2. The number of nitrogens with one attached hydrogen (secondary N) is 1. The lowest BCUT2D eigenvalue weighted by Crippen LogP contribution is -2.38. The molecular weight excluding hydrogens is 537 g/mol. The Labute approximate surface area is 202 Å². The summed E-state index contributed by atoms with van der Waals surface area (Å²) in [5, 5.41) is 4.01. The van der Waals surface area contributed by atoms with Crippen LogP contribution >= 0.6 is 35.6 Å². The average molecular weight is 568 g/mol. The minimum atomic E-state index is -3.47. The summed E-state index contributed by atoms with van der Waals surface area (Å²) in [6, 6.07) is 8.75. The molecule has 1 N–H and O–H groups in total. The monoisotopic (exact) mass is 567 g/mol. The van der Waals surface area contributed by atoms with Gasteiger partial charge in [0.05, 0.1) is 16.5 Å². The normalized spacial score (nSPS) is 12.2. The third kappa shape index (κ3) is 6.60. The molecule has 0 aliphatic carbocycles. The Morgan fingerprint density at radius 2 is 1.83 bits per heavy atom. The van der Waals surface area contributed by atoms with Crippen LogP contribution in [-0.2, 0) is 30.2 Å². The standard InChI is InChI=1S/C20H30ClN5O2S.HI/c1-15(2)26(6)29(27,28)19-9-7-16(8-10-19)12-23-20(22-3)25(5)14-18-11-17(21)13-24(18)4;/h7-11,13,15H,12,14H2,1-6H3,(H,22,23);1H. The molecule has 0 amide bonds. The second-order valence-corrected chi connectivity index (χ2v) is 9.71. The summed E-state index contributed by atoms with van der Waals surface area (Å²) in [5.41, 5.74) is 2.04. The number of sulfonamides is 1. The van der Waals surface area contributed by atoms with Crippen molar-refractivity contribution in [2.75, 3.05) is 21.1 Å². The van der Waals surface area contributed by atoms with E-state index in [1.807, 2.05) is 61.8 Å². The lowest BCUT2D eigenvalue weighted by molar-refractivity contribution is 0.410. The lowest BCUT2D eigenvalue weighted by Gasteiger charge is -2.23. The van der Waals surface area contributed by atoms with Crippen molar-refractivity contribution in [3.05, 3.63) is 52.8 Å². The molecule has 0 fully saturated rings. The van der Waals surface area contributed by atoms with Gasteiger partial charge >= 0.3 is 0 Å². The summed E-state index contributed by atoms with van der Waals surface area (Å²) in [4.78, 5) is 6.62. The van der Waals surface area contributed by atoms with Crippen LogP contribution in [0.2, 0.25) is 5.02 Å². The molecule has 0 aliphatic rings. The summed E-state index contributed by atoms with van der Waals surface area (Å²) < 4.78 is 28.5. The van der Waals surface area contributed by atoms with Crippen LogP contribution in [0.3, 0.4) is 0 Å². The third-order valence-electron chi connectivity index (χ3n) is 4.83. The van der Waals surface area contributed by atoms with Gasteiger partial charge in [0.15, 0.2) is 5.96 Å². The second-order valence-electron chi connectivity index (χ2n) is 7.28. The molecule has 0 unspecified atom stereocenters. The van der Waals surface area contributed by atoms with Gasteiger partial charge in [-0.1, -0.05) is 23.7 Å². The smallest absolute Gasteiger partial charge is 0.243 e. The molecule has 2 aromatic rings. The molecular formula is C20H31ClIN5O2S. The Balaban J connectivity index is 0.00000450. The molecule has 0 aliphatic heterocycles. The van der Waals surface area contributed by atoms with E-state index >= 15 is 0 Å². The fourth-order valence-electron chi connectivity index (χ4n) is 2.83. The summed E-state index contributed by atoms with van der Waals surface area (Å²) in [7, 11) is 3.76. The first-order chi connectivity index (χ1) is 13.6. The van der Waals surface area contributed by atoms with Crippen molar-refractivity contribution >= 4 is 51.6 Å². The highest BCUT2D eigenvalue weighted by molar-refractivity contribution is 14.0. The highest BCUT2D eigenvalue weighted by atomic mass is 127. The van der Waals surface area contributed by atoms with Crippen molar-refractivity contribution in [3.63, 3.8) is 0 Å². The molecule has 168 valence electrons. The van der Waals surface area contributed by atoms with Crippen LogP contribution in [0.25, 0.3) is 0 Å². The highest BCUT2D eigenvalue weighted by Gasteiger charge is 2.22. The van der Waals surface area contributed by atoms with Crippen molar-refractivity contribution in [3.8, 4) is 0 Å². The number of hydrogen-bond donors (Lipinski definition) is 1. The Morgan fingerprint density at radius 1 is 1.23 bits per heavy atom. The van der Waals surface area contributed by atoms with Crippen molar-refractivity contribution in [1.82, 2.24) is 19.1 Å².